The summed E-state index contributed by atoms with van der Waals surface area (Å²) in [7, 11) is -3.00. The number of ether oxygens (including phenoxy) is 3. The predicted octanol–water partition coefficient (Wildman–Crippen LogP) is 1.53. The first kappa shape index (κ1) is 23.3. The van der Waals surface area contributed by atoms with Gasteiger partial charge in [0.1, 0.15) is 27.4 Å². The number of aliphatic imine (C=N–C) groups is 1. The van der Waals surface area contributed by atoms with Gasteiger partial charge < -0.3 is 24.8 Å². The van der Waals surface area contributed by atoms with E-state index in [9.17, 15) is 8.42 Å². The van der Waals surface area contributed by atoms with E-state index in [1.807, 2.05) is 19.9 Å². The summed E-state index contributed by atoms with van der Waals surface area (Å²) in [5.41, 5.74) is 2.14. The zero-order valence-corrected chi connectivity index (χ0v) is 18.6. The highest BCUT2D eigenvalue weighted by Crippen LogP contribution is 2.35. The largest absolute Gasteiger partial charge is 0.494 e. The molecule has 8 nitrogen and oxygen atoms in total. The van der Waals surface area contributed by atoms with Crippen LogP contribution in [0.25, 0.3) is 0 Å². The Morgan fingerprint density at radius 2 is 2.07 bits per heavy atom. The fraction of sp³-hybridized carbons (Fsp3) is 0.650. The van der Waals surface area contributed by atoms with Gasteiger partial charge in [-0.2, -0.15) is 0 Å². The molecule has 1 heterocycles. The summed E-state index contributed by atoms with van der Waals surface area (Å²) in [6.45, 7) is 8.91. The first-order valence-electron chi connectivity index (χ1n) is 10.0. The first-order valence-corrected chi connectivity index (χ1v) is 12.1. The van der Waals surface area contributed by atoms with Crippen LogP contribution in [0.2, 0.25) is 0 Å². The van der Waals surface area contributed by atoms with E-state index in [2.05, 4.69) is 28.6 Å². The molecule has 9 heteroatoms. The Labute approximate surface area is 173 Å². The summed E-state index contributed by atoms with van der Waals surface area (Å²) >= 11 is 0. The van der Waals surface area contributed by atoms with Crippen molar-refractivity contribution in [2.24, 2.45) is 4.99 Å². The van der Waals surface area contributed by atoms with E-state index < -0.39 is 9.84 Å². The van der Waals surface area contributed by atoms with Gasteiger partial charge in [0.05, 0.1) is 32.1 Å². The van der Waals surface area contributed by atoms with Crippen LogP contribution >= 0.6 is 0 Å². The first-order chi connectivity index (χ1) is 13.8. The number of sulfone groups is 1. The molecular formula is C20H33N3O5S. The van der Waals surface area contributed by atoms with Crippen LogP contribution in [-0.2, 0) is 27.5 Å². The molecule has 1 unspecified atom stereocenters. The molecule has 0 radical (unpaired) electrons. The molecule has 0 saturated heterocycles. The van der Waals surface area contributed by atoms with Crippen molar-refractivity contribution in [1.82, 2.24) is 10.6 Å². The van der Waals surface area contributed by atoms with Gasteiger partial charge in [-0.1, -0.05) is 0 Å². The smallest absolute Gasteiger partial charge is 0.191 e. The molecule has 2 N–H and O–H groups in total. The molecule has 1 aliphatic rings. The van der Waals surface area contributed by atoms with Gasteiger partial charge in [0.15, 0.2) is 5.96 Å². The summed E-state index contributed by atoms with van der Waals surface area (Å²) in [4.78, 5) is 4.64. The Bertz CT molecular complexity index is 796. The normalized spacial score (nSPS) is 16.3. The number of hydrogen-bond donors (Lipinski definition) is 2. The van der Waals surface area contributed by atoms with Crippen molar-refractivity contribution in [1.29, 1.82) is 0 Å². The van der Waals surface area contributed by atoms with Crippen molar-refractivity contribution in [3.8, 4) is 11.5 Å². The lowest BCUT2D eigenvalue weighted by atomic mass is 10.1. The molecule has 1 aliphatic heterocycles. The maximum absolute atomic E-state index is 11.1. The molecule has 0 fully saturated rings. The highest BCUT2D eigenvalue weighted by molar-refractivity contribution is 7.90. The summed E-state index contributed by atoms with van der Waals surface area (Å²) in [5.74, 6) is 2.44. The Morgan fingerprint density at radius 1 is 1.28 bits per heavy atom. The van der Waals surface area contributed by atoms with Gasteiger partial charge >= 0.3 is 0 Å². The molecule has 0 amide bonds. The van der Waals surface area contributed by atoms with Gasteiger partial charge in [-0.25, -0.2) is 13.4 Å². The van der Waals surface area contributed by atoms with Crippen LogP contribution in [0.15, 0.2) is 17.1 Å². The molecule has 1 atom stereocenters. The minimum absolute atomic E-state index is 0.0282. The average molecular weight is 428 g/mol. The second kappa shape index (κ2) is 11.3. The lowest BCUT2D eigenvalue weighted by Gasteiger charge is -2.14. The van der Waals surface area contributed by atoms with Gasteiger partial charge in [-0.15, -0.1) is 0 Å². The lowest BCUT2D eigenvalue weighted by molar-refractivity contribution is 0.154. The molecule has 1 aromatic carbocycles. The Balaban J connectivity index is 1.94. The molecule has 0 spiro atoms. The Morgan fingerprint density at radius 3 is 2.76 bits per heavy atom. The van der Waals surface area contributed by atoms with Gasteiger partial charge in [0.2, 0.25) is 0 Å². The lowest BCUT2D eigenvalue weighted by Crippen LogP contribution is -2.39. The Kier molecular flexibility index (Phi) is 9.03. The molecule has 0 aromatic heterocycles. The van der Waals surface area contributed by atoms with E-state index in [-0.39, 0.29) is 18.5 Å². The molecule has 0 saturated carbocycles. The summed E-state index contributed by atoms with van der Waals surface area (Å²) in [5, 5.41) is 6.39. The molecular weight excluding hydrogens is 394 g/mol. The van der Waals surface area contributed by atoms with E-state index in [1.165, 1.54) is 11.8 Å². The van der Waals surface area contributed by atoms with Gasteiger partial charge in [0.25, 0.3) is 0 Å². The third-order valence-electron chi connectivity index (χ3n) is 4.27. The van der Waals surface area contributed by atoms with Gasteiger partial charge in [-0.05, 0) is 32.9 Å². The van der Waals surface area contributed by atoms with Crippen molar-refractivity contribution in [3.63, 3.8) is 0 Å². The fourth-order valence-electron chi connectivity index (χ4n) is 2.95. The minimum Gasteiger partial charge on any atom is -0.494 e. The van der Waals surface area contributed by atoms with Crippen LogP contribution in [0.5, 0.6) is 11.5 Å². The highest BCUT2D eigenvalue weighted by atomic mass is 32.2. The molecule has 29 heavy (non-hydrogen) atoms. The number of guanidine groups is 1. The van der Waals surface area contributed by atoms with E-state index in [1.54, 1.807) is 0 Å². The van der Waals surface area contributed by atoms with E-state index in [4.69, 9.17) is 14.2 Å². The maximum Gasteiger partial charge on any atom is 0.191 e. The van der Waals surface area contributed by atoms with Crippen molar-refractivity contribution < 1.29 is 22.6 Å². The van der Waals surface area contributed by atoms with Crippen LogP contribution in [-0.4, -0.2) is 65.4 Å². The van der Waals surface area contributed by atoms with E-state index in [0.717, 1.165) is 30.0 Å². The number of benzene rings is 1. The van der Waals surface area contributed by atoms with Crippen LogP contribution in [0.4, 0.5) is 0 Å². The second-order valence-electron chi connectivity index (χ2n) is 7.00. The number of rotatable bonds is 11. The zero-order valence-electron chi connectivity index (χ0n) is 17.8. The van der Waals surface area contributed by atoms with Crippen LogP contribution in [0.3, 0.4) is 0 Å². The topological polar surface area (TPSA) is 98.2 Å². The minimum atomic E-state index is -3.00. The number of hydrogen-bond acceptors (Lipinski definition) is 6. The molecule has 1 aromatic rings. The maximum atomic E-state index is 11.1. The summed E-state index contributed by atoms with van der Waals surface area (Å²) in [6.07, 6.45) is 2.27. The van der Waals surface area contributed by atoms with Crippen molar-refractivity contribution in [2.45, 2.75) is 39.8 Å². The van der Waals surface area contributed by atoms with E-state index in [0.29, 0.717) is 32.3 Å². The van der Waals surface area contributed by atoms with Crippen molar-refractivity contribution in [3.05, 3.63) is 23.3 Å². The predicted molar refractivity (Wildman–Crippen MR) is 115 cm³/mol. The SMILES string of the molecule is CCNC(=NCc1cc2c(cc1OCC)CC(C)O2)NCCOCCS(C)(=O)=O. The molecule has 0 aliphatic carbocycles. The van der Waals surface area contributed by atoms with Crippen LogP contribution < -0.4 is 20.1 Å². The standard InChI is InChI=1S/C20H33N3O5S/c1-5-21-20(22-7-8-26-9-10-29(4,24)25)23-14-17-13-19-16(11-15(3)28-19)12-18(17)27-6-2/h12-13,15H,5-11,14H2,1-4H3,(H2,21,22,23). The molecule has 2 rings (SSSR count). The highest BCUT2D eigenvalue weighted by Gasteiger charge is 2.21. The monoisotopic (exact) mass is 427 g/mol. The van der Waals surface area contributed by atoms with Crippen LogP contribution in [0.1, 0.15) is 31.9 Å². The summed E-state index contributed by atoms with van der Waals surface area (Å²) < 4.78 is 39.2. The Hall–Kier alpha value is -2.00. The molecule has 164 valence electrons. The third-order valence-corrected chi connectivity index (χ3v) is 5.18. The van der Waals surface area contributed by atoms with Gasteiger partial charge in [0, 0.05) is 36.9 Å². The van der Waals surface area contributed by atoms with Crippen molar-refractivity contribution in [2.75, 3.05) is 44.9 Å². The number of nitrogens with one attached hydrogen (secondary N) is 2. The third kappa shape index (κ3) is 8.10. The second-order valence-corrected chi connectivity index (χ2v) is 9.26. The number of nitrogens with zero attached hydrogens (tertiary/aromatic N) is 1. The fourth-order valence-corrected chi connectivity index (χ4v) is 3.38. The van der Waals surface area contributed by atoms with Crippen LogP contribution in [0, 0.1) is 0 Å². The van der Waals surface area contributed by atoms with E-state index >= 15 is 0 Å². The average Bonchev–Trinajstić information content (AvgIpc) is 3.00. The molecule has 0 bridgehead atoms. The zero-order chi connectivity index (χ0) is 21.3. The quantitative estimate of drug-likeness (QED) is 0.314. The summed E-state index contributed by atoms with van der Waals surface area (Å²) in [6, 6.07) is 4.08. The van der Waals surface area contributed by atoms with Crippen molar-refractivity contribution >= 4 is 15.8 Å². The number of fused-ring (bicyclic) bond motifs is 1. The van der Waals surface area contributed by atoms with Gasteiger partial charge in [-0.3, -0.25) is 0 Å².